The van der Waals surface area contributed by atoms with Gasteiger partial charge in [0, 0.05) is 25.8 Å². The van der Waals surface area contributed by atoms with Crippen LogP contribution in [0.25, 0.3) is 0 Å². The van der Waals surface area contributed by atoms with Crippen molar-refractivity contribution in [3.8, 4) is 0 Å². The molecular formula is C12H16ClN3O. The summed E-state index contributed by atoms with van der Waals surface area (Å²) in [5.41, 5.74) is 0.467. The first-order chi connectivity index (χ1) is 8.18. The van der Waals surface area contributed by atoms with E-state index in [0.29, 0.717) is 18.2 Å². The largest absolute Gasteiger partial charge is 0.340 e. The van der Waals surface area contributed by atoms with Gasteiger partial charge in [-0.1, -0.05) is 11.6 Å². The van der Waals surface area contributed by atoms with Crippen LogP contribution in [0.3, 0.4) is 0 Å². The summed E-state index contributed by atoms with van der Waals surface area (Å²) in [6.07, 6.45) is 3.89. The predicted molar refractivity (Wildman–Crippen MR) is 67.2 cm³/mol. The smallest absolute Gasteiger partial charge is 0.256 e. The van der Waals surface area contributed by atoms with Crippen LogP contribution >= 0.6 is 11.6 Å². The zero-order chi connectivity index (χ0) is 12.3. The molecule has 4 nitrogen and oxygen atoms in total. The Balaban J connectivity index is 2.01. The molecule has 17 heavy (non-hydrogen) atoms. The van der Waals surface area contributed by atoms with Gasteiger partial charge in [0.2, 0.25) is 0 Å². The van der Waals surface area contributed by atoms with Gasteiger partial charge in [-0.3, -0.25) is 4.79 Å². The highest BCUT2D eigenvalue weighted by Gasteiger charge is 2.21. The summed E-state index contributed by atoms with van der Waals surface area (Å²) in [6, 6.07) is 3.83. The minimum atomic E-state index is -0.0724. The Morgan fingerprint density at radius 2 is 2.53 bits per heavy atom. The molecule has 0 bridgehead atoms. The standard InChI is InChI=1S/C12H16ClN3O/c1-16(8-9-4-2-6-14-9)12(17)10-5-3-7-15-11(10)13/h3,5,7,9,14H,2,4,6,8H2,1H3/t9-/m1/s1. The van der Waals surface area contributed by atoms with Crippen LogP contribution in [0.1, 0.15) is 23.2 Å². The molecule has 1 fully saturated rings. The zero-order valence-corrected chi connectivity index (χ0v) is 10.6. The molecule has 0 radical (unpaired) electrons. The van der Waals surface area contributed by atoms with Gasteiger partial charge >= 0.3 is 0 Å². The average molecular weight is 254 g/mol. The number of carbonyl (C=O) groups is 1. The molecule has 1 N–H and O–H groups in total. The third-order valence-corrected chi connectivity index (χ3v) is 3.29. The van der Waals surface area contributed by atoms with Crippen molar-refractivity contribution in [3.05, 3.63) is 29.0 Å². The van der Waals surface area contributed by atoms with E-state index < -0.39 is 0 Å². The van der Waals surface area contributed by atoms with Gasteiger partial charge in [0.05, 0.1) is 5.56 Å². The second kappa shape index (κ2) is 5.47. The van der Waals surface area contributed by atoms with E-state index in [4.69, 9.17) is 11.6 Å². The molecular weight excluding hydrogens is 238 g/mol. The van der Waals surface area contributed by atoms with Gasteiger partial charge in [0.1, 0.15) is 5.15 Å². The molecule has 1 aromatic heterocycles. The van der Waals surface area contributed by atoms with E-state index >= 15 is 0 Å². The number of amides is 1. The summed E-state index contributed by atoms with van der Waals surface area (Å²) in [6.45, 7) is 1.75. The zero-order valence-electron chi connectivity index (χ0n) is 9.82. The van der Waals surface area contributed by atoms with Crippen LogP contribution in [-0.2, 0) is 0 Å². The summed E-state index contributed by atoms with van der Waals surface area (Å²) in [4.78, 5) is 17.7. The lowest BCUT2D eigenvalue weighted by Crippen LogP contribution is -2.38. The highest BCUT2D eigenvalue weighted by molar-refractivity contribution is 6.32. The first-order valence-corrected chi connectivity index (χ1v) is 6.15. The summed E-state index contributed by atoms with van der Waals surface area (Å²) in [5.74, 6) is -0.0724. The van der Waals surface area contributed by atoms with E-state index in [0.717, 1.165) is 13.0 Å². The molecule has 92 valence electrons. The number of halogens is 1. The van der Waals surface area contributed by atoms with Gasteiger partial charge in [0.25, 0.3) is 5.91 Å². The van der Waals surface area contributed by atoms with Gasteiger partial charge in [-0.15, -0.1) is 0 Å². The van der Waals surface area contributed by atoms with Crippen LogP contribution in [0.15, 0.2) is 18.3 Å². The van der Waals surface area contributed by atoms with Crippen LogP contribution in [0, 0.1) is 0 Å². The Bertz CT molecular complexity index is 404. The molecule has 5 heteroatoms. The summed E-state index contributed by atoms with van der Waals surface area (Å²) in [5, 5.41) is 3.63. The van der Waals surface area contributed by atoms with Crippen LogP contribution in [0.4, 0.5) is 0 Å². The Hall–Kier alpha value is -1.13. The van der Waals surface area contributed by atoms with Crippen molar-refractivity contribution in [1.82, 2.24) is 15.2 Å². The number of pyridine rings is 1. The number of hydrogen-bond donors (Lipinski definition) is 1. The quantitative estimate of drug-likeness (QED) is 0.832. The molecule has 2 heterocycles. The molecule has 0 saturated carbocycles. The molecule has 1 aliphatic rings. The molecule has 0 unspecified atom stereocenters. The van der Waals surface area contributed by atoms with Gasteiger partial charge in [-0.2, -0.15) is 0 Å². The van der Waals surface area contributed by atoms with Gasteiger partial charge in [-0.25, -0.2) is 4.98 Å². The third-order valence-electron chi connectivity index (χ3n) is 2.99. The van der Waals surface area contributed by atoms with Crippen molar-refractivity contribution >= 4 is 17.5 Å². The monoisotopic (exact) mass is 253 g/mol. The first-order valence-electron chi connectivity index (χ1n) is 5.78. The summed E-state index contributed by atoms with van der Waals surface area (Å²) in [7, 11) is 1.80. The van der Waals surface area contributed by atoms with Crippen LogP contribution in [-0.4, -0.2) is 42.0 Å². The van der Waals surface area contributed by atoms with Crippen LogP contribution in [0.5, 0.6) is 0 Å². The van der Waals surface area contributed by atoms with Crippen molar-refractivity contribution in [2.45, 2.75) is 18.9 Å². The summed E-state index contributed by atoms with van der Waals surface area (Å²) >= 11 is 5.91. The Morgan fingerprint density at radius 3 is 3.18 bits per heavy atom. The van der Waals surface area contributed by atoms with Crippen LogP contribution in [0.2, 0.25) is 5.15 Å². The Kier molecular flexibility index (Phi) is 3.97. The number of nitrogens with zero attached hydrogens (tertiary/aromatic N) is 2. The maximum atomic E-state index is 12.1. The van der Waals surface area contributed by atoms with Gasteiger partial charge in [0.15, 0.2) is 0 Å². The fourth-order valence-corrected chi connectivity index (χ4v) is 2.28. The minimum absolute atomic E-state index is 0.0724. The van der Waals surface area contributed by atoms with E-state index in [1.807, 2.05) is 0 Å². The average Bonchev–Trinajstić information content (AvgIpc) is 2.81. The predicted octanol–water partition coefficient (Wildman–Crippen LogP) is 1.56. The number of hydrogen-bond acceptors (Lipinski definition) is 3. The fraction of sp³-hybridized carbons (Fsp3) is 0.500. The van der Waals surface area contributed by atoms with Crippen molar-refractivity contribution in [2.24, 2.45) is 0 Å². The lowest BCUT2D eigenvalue weighted by atomic mass is 10.2. The fourth-order valence-electron chi connectivity index (χ4n) is 2.08. The SMILES string of the molecule is CN(C[C@H]1CCCN1)C(=O)c1cccnc1Cl. The van der Waals surface area contributed by atoms with E-state index in [1.54, 1.807) is 30.3 Å². The first kappa shape index (κ1) is 12.3. The van der Waals surface area contributed by atoms with Crippen LogP contribution < -0.4 is 5.32 Å². The molecule has 0 spiro atoms. The molecule has 0 aromatic carbocycles. The lowest BCUT2D eigenvalue weighted by molar-refractivity contribution is 0.0783. The Morgan fingerprint density at radius 1 is 1.71 bits per heavy atom. The number of likely N-dealkylation sites (N-methyl/N-ethyl adjacent to an activating group) is 1. The highest BCUT2D eigenvalue weighted by atomic mass is 35.5. The van der Waals surface area contributed by atoms with Crippen molar-refractivity contribution in [1.29, 1.82) is 0 Å². The Labute approximate surface area is 106 Å². The van der Waals surface area contributed by atoms with E-state index in [9.17, 15) is 4.79 Å². The molecule has 1 atom stereocenters. The van der Waals surface area contributed by atoms with E-state index in [-0.39, 0.29) is 11.1 Å². The topological polar surface area (TPSA) is 45.2 Å². The molecule has 1 saturated heterocycles. The number of nitrogens with one attached hydrogen (secondary N) is 1. The highest BCUT2D eigenvalue weighted by Crippen LogP contribution is 2.14. The van der Waals surface area contributed by atoms with Crippen molar-refractivity contribution in [3.63, 3.8) is 0 Å². The van der Waals surface area contributed by atoms with Gasteiger partial charge < -0.3 is 10.2 Å². The normalized spacial score (nSPS) is 19.3. The van der Waals surface area contributed by atoms with Crippen molar-refractivity contribution in [2.75, 3.05) is 20.1 Å². The molecule has 2 rings (SSSR count). The lowest BCUT2D eigenvalue weighted by Gasteiger charge is -2.21. The maximum absolute atomic E-state index is 12.1. The van der Waals surface area contributed by atoms with E-state index in [1.165, 1.54) is 6.42 Å². The van der Waals surface area contributed by atoms with Crippen molar-refractivity contribution < 1.29 is 4.79 Å². The van der Waals surface area contributed by atoms with Gasteiger partial charge in [-0.05, 0) is 31.5 Å². The number of aromatic nitrogens is 1. The number of carbonyl (C=O) groups excluding carboxylic acids is 1. The maximum Gasteiger partial charge on any atom is 0.256 e. The summed E-state index contributed by atoms with van der Waals surface area (Å²) < 4.78 is 0. The van der Waals surface area contributed by atoms with E-state index in [2.05, 4.69) is 10.3 Å². The molecule has 0 aliphatic carbocycles. The number of rotatable bonds is 3. The second-order valence-electron chi connectivity index (χ2n) is 4.32. The third kappa shape index (κ3) is 2.96. The molecule has 1 amide bonds. The molecule has 1 aromatic rings. The minimum Gasteiger partial charge on any atom is -0.340 e. The second-order valence-corrected chi connectivity index (χ2v) is 4.68. The molecule has 1 aliphatic heterocycles.